The smallest absolute Gasteiger partial charge is 0.258 e. The molecule has 154 valence electrons. The van der Waals surface area contributed by atoms with Gasteiger partial charge in [0.1, 0.15) is 5.82 Å². The molecule has 0 aromatic heterocycles. The number of amides is 2. The Kier molecular flexibility index (Phi) is 7.37. The van der Waals surface area contributed by atoms with Gasteiger partial charge in [0.15, 0.2) is 0 Å². The van der Waals surface area contributed by atoms with E-state index in [1.807, 2.05) is 0 Å². The van der Waals surface area contributed by atoms with E-state index in [1.54, 1.807) is 55.5 Å². The predicted molar refractivity (Wildman–Crippen MR) is 121 cm³/mol. The van der Waals surface area contributed by atoms with Crippen LogP contribution in [-0.4, -0.2) is 17.1 Å². The Bertz CT molecular complexity index is 1080. The van der Waals surface area contributed by atoms with Gasteiger partial charge in [0, 0.05) is 15.6 Å². The van der Waals surface area contributed by atoms with Gasteiger partial charge in [0.05, 0.1) is 21.5 Å². The Morgan fingerprint density at radius 2 is 1.67 bits per heavy atom. The fourth-order valence-corrected chi connectivity index (χ4v) is 3.75. The maximum absolute atomic E-state index is 13.7. The van der Waals surface area contributed by atoms with Crippen molar-refractivity contribution in [2.45, 2.75) is 17.1 Å². The highest BCUT2D eigenvalue weighted by Crippen LogP contribution is 2.29. The highest BCUT2D eigenvalue weighted by atomic mass is 35.5. The molecule has 0 radical (unpaired) electrons. The molecular weight excluding hydrogens is 446 g/mol. The first-order valence-electron chi connectivity index (χ1n) is 8.92. The zero-order valence-corrected chi connectivity index (χ0v) is 18.1. The van der Waals surface area contributed by atoms with Gasteiger partial charge in [0.2, 0.25) is 5.91 Å². The minimum atomic E-state index is -0.582. The van der Waals surface area contributed by atoms with Crippen LogP contribution in [0.15, 0.2) is 71.6 Å². The lowest BCUT2D eigenvalue weighted by molar-refractivity contribution is -0.115. The van der Waals surface area contributed by atoms with Crippen LogP contribution in [0.3, 0.4) is 0 Å². The third-order valence-electron chi connectivity index (χ3n) is 4.10. The summed E-state index contributed by atoms with van der Waals surface area (Å²) in [7, 11) is 0. The second kappa shape index (κ2) is 9.98. The third-order valence-corrected chi connectivity index (χ3v) is 5.78. The molecule has 0 saturated heterocycles. The fourth-order valence-electron chi connectivity index (χ4n) is 2.55. The Balaban J connectivity index is 1.59. The average Bonchev–Trinajstić information content (AvgIpc) is 2.72. The summed E-state index contributed by atoms with van der Waals surface area (Å²) in [6.45, 7) is 1.77. The van der Waals surface area contributed by atoms with Gasteiger partial charge in [-0.2, -0.15) is 0 Å². The number of nitrogens with one attached hydrogen (secondary N) is 2. The highest BCUT2D eigenvalue weighted by Gasteiger charge is 2.16. The normalized spacial score (nSPS) is 11.6. The Labute approximate surface area is 187 Å². The molecule has 3 rings (SSSR count). The number of thioether (sulfide) groups is 1. The van der Waals surface area contributed by atoms with Gasteiger partial charge in [-0.15, -0.1) is 11.8 Å². The maximum atomic E-state index is 13.7. The molecule has 0 spiro atoms. The minimum absolute atomic E-state index is 0.0269. The molecule has 4 nitrogen and oxygen atoms in total. The molecule has 0 fully saturated rings. The summed E-state index contributed by atoms with van der Waals surface area (Å²) in [5.41, 5.74) is 0.948. The van der Waals surface area contributed by atoms with Crippen LogP contribution in [0.1, 0.15) is 17.3 Å². The predicted octanol–water partition coefficient (Wildman–Crippen LogP) is 6.50. The molecule has 2 N–H and O–H groups in total. The van der Waals surface area contributed by atoms with E-state index in [0.29, 0.717) is 21.4 Å². The van der Waals surface area contributed by atoms with Crippen LogP contribution in [0.5, 0.6) is 0 Å². The summed E-state index contributed by atoms with van der Waals surface area (Å²) in [5.74, 6) is -1.33. The zero-order valence-electron chi connectivity index (χ0n) is 15.8. The van der Waals surface area contributed by atoms with Crippen molar-refractivity contribution < 1.29 is 14.0 Å². The third kappa shape index (κ3) is 5.75. The lowest BCUT2D eigenvalue weighted by atomic mass is 10.2. The number of hydrogen-bond donors (Lipinski definition) is 2. The van der Waals surface area contributed by atoms with Crippen molar-refractivity contribution in [3.05, 3.63) is 88.2 Å². The lowest BCUT2D eigenvalue weighted by Crippen LogP contribution is -2.22. The van der Waals surface area contributed by atoms with E-state index >= 15 is 0 Å². The monoisotopic (exact) mass is 462 g/mol. The minimum Gasteiger partial charge on any atom is -0.324 e. The van der Waals surface area contributed by atoms with Crippen molar-refractivity contribution in [3.8, 4) is 0 Å². The second-order valence-corrected chi connectivity index (χ2v) is 8.59. The van der Waals surface area contributed by atoms with Crippen molar-refractivity contribution in [2.24, 2.45) is 0 Å². The van der Waals surface area contributed by atoms with E-state index in [1.165, 1.54) is 30.0 Å². The number of rotatable bonds is 6. The highest BCUT2D eigenvalue weighted by molar-refractivity contribution is 8.00. The zero-order chi connectivity index (χ0) is 21.7. The van der Waals surface area contributed by atoms with Gasteiger partial charge in [-0.1, -0.05) is 35.3 Å². The van der Waals surface area contributed by atoms with Crippen LogP contribution in [-0.2, 0) is 4.79 Å². The van der Waals surface area contributed by atoms with Crippen molar-refractivity contribution >= 4 is 58.2 Å². The van der Waals surface area contributed by atoms with Crippen molar-refractivity contribution in [1.29, 1.82) is 0 Å². The molecule has 3 aromatic rings. The number of benzene rings is 3. The van der Waals surface area contributed by atoms with E-state index in [4.69, 9.17) is 23.2 Å². The SMILES string of the molecule is CC(Sc1ccc(NC(=O)c2ccccc2F)cc1)C(=O)Nc1cc(Cl)ccc1Cl. The summed E-state index contributed by atoms with van der Waals surface area (Å²) in [4.78, 5) is 25.5. The molecule has 0 aliphatic heterocycles. The Hall–Kier alpha value is -2.54. The summed E-state index contributed by atoms with van der Waals surface area (Å²) in [6, 6.07) is 17.6. The lowest BCUT2D eigenvalue weighted by Gasteiger charge is -2.13. The van der Waals surface area contributed by atoms with E-state index in [0.717, 1.165) is 4.90 Å². The average molecular weight is 463 g/mol. The van der Waals surface area contributed by atoms with Gasteiger partial charge in [-0.3, -0.25) is 9.59 Å². The molecule has 2 amide bonds. The number of carbonyl (C=O) groups excluding carboxylic acids is 2. The summed E-state index contributed by atoms with van der Waals surface area (Å²) < 4.78 is 13.7. The maximum Gasteiger partial charge on any atom is 0.258 e. The van der Waals surface area contributed by atoms with Gasteiger partial charge in [-0.25, -0.2) is 4.39 Å². The van der Waals surface area contributed by atoms with Crippen molar-refractivity contribution in [3.63, 3.8) is 0 Å². The van der Waals surface area contributed by atoms with Crippen LogP contribution in [0.2, 0.25) is 10.0 Å². The number of anilines is 2. The molecule has 0 saturated carbocycles. The summed E-state index contributed by atoms with van der Waals surface area (Å²) in [6.07, 6.45) is 0. The second-order valence-electron chi connectivity index (χ2n) is 6.33. The first kappa shape index (κ1) is 22.2. The number of halogens is 3. The number of hydrogen-bond acceptors (Lipinski definition) is 3. The molecule has 1 atom stereocenters. The van der Waals surface area contributed by atoms with E-state index in [2.05, 4.69) is 10.6 Å². The molecule has 3 aromatic carbocycles. The van der Waals surface area contributed by atoms with E-state index in [-0.39, 0.29) is 11.5 Å². The fraction of sp³-hybridized carbons (Fsp3) is 0.0909. The van der Waals surface area contributed by atoms with Gasteiger partial charge >= 0.3 is 0 Å². The van der Waals surface area contributed by atoms with Crippen LogP contribution in [0.4, 0.5) is 15.8 Å². The van der Waals surface area contributed by atoms with Crippen molar-refractivity contribution in [2.75, 3.05) is 10.6 Å². The number of carbonyl (C=O) groups is 2. The molecular formula is C22H17Cl2FN2O2S. The van der Waals surface area contributed by atoms with Gasteiger partial charge in [0.25, 0.3) is 5.91 Å². The molecule has 30 heavy (non-hydrogen) atoms. The molecule has 0 aliphatic rings. The molecule has 1 unspecified atom stereocenters. The Morgan fingerprint density at radius 1 is 0.967 bits per heavy atom. The topological polar surface area (TPSA) is 58.2 Å². The van der Waals surface area contributed by atoms with Crippen LogP contribution < -0.4 is 10.6 Å². The molecule has 0 heterocycles. The Morgan fingerprint density at radius 3 is 2.37 bits per heavy atom. The van der Waals surface area contributed by atoms with Crippen LogP contribution in [0, 0.1) is 5.82 Å². The van der Waals surface area contributed by atoms with E-state index < -0.39 is 17.0 Å². The molecule has 8 heteroatoms. The first-order valence-corrected chi connectivity index (χ1v) is 10.6. The van der Waals surface area contributed by atoms with Crippen LogP contribution in [0.25, 0.3) is 0 Å². The molecule has 0 aliphatic carbocycles. The van der Waals surface area contributed by atoms with Gasteiger partial charge in [-0.05, 0) is 61.5 Å². The largest absolute Gasteiger partial charge is 0.324 e. The first-order chi connectivity index (χ1) is 14.3. The van der Waals surface area contributed by atoms with Crippen LogP contribution >= 0.6 is 35.0 Å². The van der Waals surface area contributed by atoms with Gasteiger partial charge < -0.3 is 10.6 Å². The summed E-state index contributed by atoms with van der Waals surface area (Å²) >= 11 is 13.4. The quantitative estimate of drug-likeness (QED) is 0.410. The van der Waals surface area contributed by atoms with Crippen molar-refractivity contribution in [1.82, 2.24) is 0 Å². The standard InChI is InChI=1S/C22H17Cl2FN2O2S/c1-13(21(28)27-20-12-14(23)6-11-18(20)24)30-16-9-7-15(8-10-16)26-22(29)17-4-2-3-5-19(17)25/h2-13H,1H3,(H,26,29)(H,27,28). The summed E-state index contributed by atoms with van der Waals surface area (Å²) in [5, 5.41) is 5.89. The van der Waals surface area contributed by atoms with E-state index in [9.17, 15) is 14.0 Å². The molecule has 0 bridgehead atoms.